The van der Waals surface area contributed by atoms with E-state index >= 15 is 0 Å². The highest BCUT2D eigenvalue weighted by Gasteiger charge is 2.23. The number of aromatic nitrogens is 2. The van der Waals surface area contributed by atoms with Gasteiger partial charge in [0.2, 0.25) is 5.89 Å². The van der Waals surface area contributed by atoms with E-state index in [1.165, 1.54) is 0 Å². The van der Waals surface area contributed by atoms with Gasteiger partial charge in [-0.05, 0) is 20.9 Å². The molecule has 2 heterocycles. The van der Waals surface area contributed by atoms with E-state index in [0.717, 1.165) is 13.1 Å². The van der Waals surface area contributed by atoms with Gasteiger partial charge in [0.25, 0.3) is 0 Å². The molecule has 0 aromatic carbocycles. The topological polar surface area (TPSA) is 63.4 Å². The molecule has 6 nitrogen and oxygen atoms in total. The van der Waals surface area contributed by atoms with Crippen LogP contribution in [0, 0.1) is 0 Å². The van der Waals surface area contributed by atoms with Crippen LogP contribution in [0.3, 0.4) is 0 Å². The Morgan fingerprint density at radius 2 is 2.35 bits per heavy atom. The van der Waals surface area contributed by atoms with Gasteiger partial charge in [0.15, 0.2) is 5.82 Å². The highest BCUT2D eigenvalue weighted by molar-refractivity contribution is 4.91. The van der Waals surface area contributed by atoms with Crippen LogP contribution in [0.5, 0.6) is 0 Å². The van der Waals surface area contributed by atoms with Gasteiger partial charge in [0.05, 0.1) is 6.54 Å². The number of nitrogens with one attached hydrogen (secondary N) is 1. The molecule has 1 fully saturated rings. The van der Waals surface area contributed by atoms with E-state index in [-0.39, 0.29) is 6.10 Å². The van der Waals surface area contributed by atoms with E-state index in [1.54, 1.807) is 0 Å². The normalized spacial score (nSPS) is 18.4. The zero-order valence-electron chi connectivity index (χ0n) is 10.6. The molecule has 0 saturated carbocycles. The molecule has 1 aliphatic heterocycles. The highest BCUT2D eigenvalue weighted by atomic mass is 16.5. The second-order valence-electron chi connectivity index (χ2n) is 4.37. The van der Waals surface area contributed by atoms with Gasteiger partial charge in [-0.25, -0.2) is 0 Å². The lowest BCUT2D eigenvalue weighted by Gasteiger charge is -2.34. The van der Waals surface area contributed by atoms with Gasteiger partial charge in [-0.1, -0.05) is 5.16 Å². The Balaban J connectivity index is 1.88. The van der Waals surface area contributed by atoms with Crippen molar-refractivity contribution in [3.63, 3.8) is 0 Å². The van der Waals surface area contributed by atoms with Crippen LogP contribution >= 0.6 is 0 Å². The fourth-order valence-corrected chi connectivity index (χ4v) is 1.75. The first-order valence-electron chi connectivity index (χ1n) is 6.05. The third kappa shape index (κ3) is 3.02. The maximum Gasteiger partial charge on any atom is 0.240 e. The molecule has 1 aromatic heterocycles. The number of hydrogen-bond acceptors (Lipinski definition) is 6. The second kappa shape index (κ2) is 5.57. The highest BCUT2D eigenvalue weighted by Crippen LogP contribution is 2.14. The van der Waals surface area contributed by atoms with E-state index in [2.05, 4.69) is 27.4 Å². The van der Waals surface area contributed by atoms with Crippen molar-refractivity contribution in [2.45, 2.75) is 32.5 Å². The summed E-state index contributed by atoms with van der Waals surface area (Å²) >= 11 is 0. The van der Waals surface area contributed by atoms with Crippen LogP contribution < -0.4 is 5.32 Å². The first-order chi connectivity index (χ1) is 8.20. The molecule has 17 heavy (non-hydrogen) atoms. The molecule has 1 aromatic rings. The summed E-state index contributed by atoms with van der Waals surface area (Å²) in [5.41, 5.74) is 0. The fraction of sp³-hybridized carbons (Fsp3) is 0.818. The summed E-state index contributed by atoms with van der Waals surface area (Å²) in [7, 11) is 2.07. The lowest BCUT2D eigenvalue weighted by molar-refractivity contribution is 0.0683. The van der Waals surface area contributed by atoms with Gasteiger partial charge < -0.3 is 14.6 Å². The van der Waals surface area contributed by atoms with Crippen LogP contribution in [0.4, 0.5) is 0 Å². The third-order valence-corrected chi connectivity index (χ3v) is 3.03. The Morgan fingerprint density at radius 1 is 1.59 bits per heavy atom. The van der Waals surface area contributed by atoms with Crippen LogP contribution in [0.2, 0.25) is 0 Å². The van der Waals surface area contributed by atoms with Crippen molar-refractivity contribution < 1.29 is 9.26 Å². The summed E-state index contributed by atoms with van der Waals surface area (Å²) in [5, 5.41) is 7.18. The van der Waals surface area contributed by atoms with Crippen LogP contribution in [0.15, 0.2) is 4.52 Å². The molecule has 1 N–H and O–H groups in total. The molecule has 6 heteroatoms. The van der Waals surface area contributed by atoms with Crippen LogP contribution in [-0.4, -0.2) is 47.8 Å². The molecule has 1 atom stereocenters. The van der Waals surface area contributed by atoms with E-state index < -0.39 is 0 Å². The fourth-order valence-electron chi connectivity index (χ4n) is 1.75. The van der Waals surface area contributed by atoms with Gasteiger partial charge >= 0.3 is 0 Å². The lowest BCUT2D eigenvalue weighted by atomic mass is 10.1. The average molecular weight is 240 g/mol. The van der Waals surface area contributed by atoms with Crippen LogP contribution in [0.25, 0.3) is 0 Å². The Labute approximate surface area is 101 Å². The second-order valence-corrected chi connectivity index (χ2v) is 4.37. The molecule has 96 valence electrons. The molecule has 1 aliphatic rings. The first kappa shape index (κ1) is 12.5. The Hall–Kier alpha value is -0.980. The SMILES string of the molecule is CCOC(C)c1noc(CN(C)C2CNC2)n1. The van der Waals surface area contributed by atoms with Crippen molar-refractivity contribution in [2.75, 3.05) is 26.7 Å². The minimum Gasteiger partial charge on any atom is -0.371 e. The predicted octanol–water partition coefficient (Wildman–Crippen LogP) is 0.571. The predicted molar refractivity (Wildman–Crippen MR) is 62.5 cm³/mol. The lowest BCUT2D eigenvalue weighted by Crippen LogP contribution is -2.55. The largest absolute Gasteiger partial charge is 0.371 e. The monoisotopic (exact) mass is 240 g/mol. The van der Waals surface area contributed by atoms with Crippen molar-refractivity contribution in [3.05, 3.63) is 11.7 Å². The quantitative estimate of drug-likeness (QED) is 0.784. The van der Waals surface area contributed by atoms with Crippen molar-refractivity contribution in [3.8, 4) is 0 Å². The number of ether oxygens (including phenoxy) is 1. The molecular weight excluding hydrogens is 220 g/mol. The Bertz CT molecular complexity index is 351. The molecule has 0 aliphatic carbocycles. The molecule has 1 unspecified atom stereocenters. The number of rotatable bonds is 6. The summed E-state index contributed by atoms with van der Waals surface area (Å²) in [6.07, 6.45) is -0.104. The zero-order chi connectivity index (χ0) is 12.3. The van der Waals surface area contributed by atoms with Crippen molar-refractivity contribution in [1.29, 1.82) is 0 Å². The van der Waals surface area contributed by atoms with E-state index in [9.17, 15) is 0 Å². The number of likely N-dealkylation sites (N-methyl/N-ethyl adjacent to an activating group) is 1. The zero-order valence-corrected chi connectivity index (χ0v) is 10.6. The summed E-state index contributed by atoms with van der Waals surface area (Å²) in [6.45, 7) is 7.29. The molecule has 0 radical (unpaired) electrons. The summed E-state index contributed by atoms with van der Waals surface area (Å²) in [5.74, 6) is 1.28. The molecule has 0 bridgehead atoms. The summed E-state index contributed by atoms with van der Waals surface area (Å²) in [6, 6.07) is 0.578. The average Bonchev–Trinajstić information content (AvgIpc) is 2.63. The standard InChI is InChI=1S/C11H20N4O2/c1-4-16-8(2)11-13-10(17-14-11)7-15(3)9-5-12-6-9/h8-9,12H,4-7H2,1-3H3. The van der Waals surface area contributed by atoms with Crippen LogP contribution in [-0.2, 0) is 11.3 Å². The molecule has 1 saturated heterocycles. The number of nitrogens with zero attached hydrogens (tertiary/aromatic N) is 3. The first-order valence-corrected chi connectivity index (χ1v) is 6.05. The van der Waals surface area contributed by atoms with E-state index in [0.29, 0.717) is 30.9 Å². The van der Waals surface area contributed by atoms with Gasteiger partial charge in [0, 0.05) is 25.7 Å². The van der Waals surface area contributed by atoms with Gasteiger partial charge in [-0.2, -0.15) is 4.98 Å². The number of hydrogen-bond donors (Lipinski definition) is 1. The Kier molecular flexibility index (Phi) is 4.09. The molecule has 2 rings (SSSR count). The van der Waals surface area contributed by atoms with Gasteiger partial charge in [-0.3, -0.25) is 4.90 Å². The maximum absolute atomic E-state index is 5.42. The summed E-state index contributed by atoms with van der Waals surface area (Å²) < 4.78 is 10.6. The van der Waals surface area contributed by atoms with Gasteiger partial charge in [0.1, 0.15) is 6.10 Å². The van der Waals surface area contributed by atoms with E-state index in [1.807, 2.05) is 13.8 Å². The van der Waals surface area contributed by atoms with Crippen molar-refractivity contribution in [2.24, 2.45) is 0 Å². The minimum atomic E-state index is -0.104. The smallest absolute Gasteiger partial charge is 0.240 e. The third-order valence-electron chi connectivity index (χ3n) is 3.03. The molecule has 0 amide bonds. The van der Waals surface area contributed by atoms with Gasteiger partial charge in [-0.15, -0.1) is 0 Å². The summed E-state index contributed by atoms with van der Waals surface area (Å²) in [4.78, 5) is 6.57. The Morgan fingerprint density at radius 3 is 2.94 bits per heavy atom. The maximum atomic E-state index is 5.42. The van der Waals surface area contributed by atoms with Crippen molar-refractivity contribution in [1.82, 2.24) is 20.4 Å². The molecule has 0 spiro atoms. The van der Waals surface area contributed by atoms with Crippen LogP contribution in [0.1, 0.15) is 31.7 Å². The van der Waals surface area contributed by atoms with E-state index in [4.69, 9.17) is 9.26 Å². The molecular formula is C11H20N4O2. The van der Waals surface area contributed by atoms with Crippen molar-refractivity contribution >= 4 is 0 Å². The minimum absolute atomic E-state index is 0.104.